The lowest BCUT2D eigenvalue weighted by molar-refractivity contribution is 0.171. The van der Waals surface area contributed by atoms with Crippen LogP contribution in [0.5, 0.6) is 5.75 Å². The molecule has 0 saturated carbocycles. The molecule has 2 unspecified atom stereocenters. The molecule has 0 amide bonds. The van der Waals surface area contributed by atoms with Crippen molar-refractivity contribution < 1.29 is 4.74 Å². The van der Waals surface area contributed by atoms with Crippen LogP contribution < -0.4 is 10.5 Å². The minimum atomic E-state index is -0.171. The second kappa shape index (κ2) is 5.96. The van der Waals surface area contributed by atoms with Crippen molar-refractivity contribution in [2.24, 2.45) is 10.7 Å². The van der Waals surface area contributed by atoms with Crippen LogP contribution in [0.4, 0.5) is 0 Å². The molecule has 0 saturated heterocycles. The molecule has 1 aliphatic rings. The van der Waals surface area contributed by atoms with E-state index < -0.39 is 0 Å². The van der Waals surface area contributed by atoms with Gasteiger partial charge in [-0.25, -0.2) is 0 Å². The molecular formula is C17H27N3O. The zero-order valence-corrected chi connectivity index (χ0v) is 13.8. The maximum Gasteiger partial charge on any atom is 0.192 e. The molecule has 1 aliphatic heterocycles. The van der Waals surface area contributed by atoms with Gasteiger partial charge in [0.2, 0.25) is 0 Å². The number of benzene rings is 1. The first kappa shape index (κ1) is 15.7. The van der Waals surface area contributed by atoms with Gasteiger partial charge in [-0.2, -0.15) is 0 Å². The highest BCUT2D eigenvalue weighted by Gasteiger charge is 2.41. The zero-order chi connectivity index (χ0) is 15.6. The van der Waals surface area contributed by atoms with Crippen molar-refractivity contribution in [2.75, 3.05) is 6.54 Å². The highest BCUT2D eigenvalue weighted by atomic mass is 16.5. The molecule has 0 aliphatic carbocycles. The third-order valence-corrected chi connectivity index (χ3v) is 4.21. The summed E-state index contributed by atoms with van der Waals surface area (Å²) in [6, 6.07) is 8.68. The first-order chi connectivity index (χ1) is 9.88. The molecule has 0 aromatic heterocycles. The fourth-order valence-electron chi connectivity index (χ4n) is 2.93. The van der Waals surface area contributed by atoms with Crippen LogP contribution >= 0.6 is 0 Å². The topological polar surface area (TPSA) is 50.8 Å². The second-order valence-corrected chi connectivity index (χ2v) is 6.27. The van der Waals surface area contributed by atoms with Crippen LogP contribution in [0.2, 0.25) is 0 Å². The minimum absolute atomic E-state index is 0.171. The van der Waals surface area contributed by atoms with Gasteiger partial charge >= 0.3 is 0 Å². The molecule has 4 heteroatoms. The molecule has 21 heavy (non-hydrogen) atoms. The number of nitrogens with two attached hydrogens (primary N) is 1. The lowest BCUT2D eigenvalue weighted by atomic mass is 9.89. The maximum atomic E-state index is 6.12. The second-order valence-electron chi connectivity index (χ2n) is 6.27. The molecule has 0 fully saturated rings. The van der Waals surface area contributed by atoms with E-state index in [1.165, 1.54) is 5.56 Å². The number of guanidine groups is 1. The molecule has 0 bridgehead atoms. The normalized spacial score (nSPS) is 23.3. The summed E-state index contributed by atoms with van der Waals surface area (Å²) in [7, 11) is 0. The van der Waals surface area contributed by atoms with E-state index in [1.807, 2.05) is 26.0 Å². The SMILES string of the molecule is CCC(C)N1C(N)=NCC1(C)c1ccc(OC(C)C)cc1. The van der Waals surface area contributed by atoms with Gasteiger partial charge in [-0.15, -0.1) is 0 Å². The molecule has 2 N–H and O–H groups in total. The maximum absolute atomic E-state index is 6.12. The van der Waals surface area contributed by atoms with E-state index in [0.717, 1.165) is 12.2 Å². The molecule has 0 spiro atoms. The predicted octanol–water partition coefficient (Wildman–Crippen LogP) is 3.12. The largest absolute Gasteiger partial charge is 0.491 e. The first-order valence-electron chi connectivity index (χ1n) is 7.75. The predicted molar refractivity (Wildman–Crippen MR) is 87.6 cm³/mol. The summed E-state index contributed by atoms with van der Waals surface area (Å²) in [6.45, 7) is 11.4. The van der Waals surface area contributed by atoms with Crippen molar-refractivity contribution in [2.45, 2.75) is 58.7 Å². The summed E-state index contributed by atoms with van der Waals surface area (Å²) in [5.74, 6) is 1.55. The zero-order valence-electron chi connectivity index (χ0n) is 13.8. The van der Waals surface area contributed by atoms with Crippen molar-refractivity contribution >= 4 is 5.96 Å². The number of aliphatic imine (C=N–C) groups is 1. The van der Waals surface area contributed by atoms with Gasteiger partial charge in [0.25, 0.3) is 0 Å². The standard InChI is InChI=1S/C17H27N3O/c1-6-13(4)20-16(18)19-11-17(20,5)14-7-9-15(10-8-14)21-12(2)3/h7-10,12-13H,6,11H2,1-5H3,(H2,18,19). The summed E-state index contributed by atoms with van der Waals surface area (Å²) in [4.78, 5) is 6.72. The molecule has 1 heterocycles. The Labute approximate surface area is 128 Å². The van der Waals surface area contributed by atoms with Gasteiger partial charge in [0.05, 0.1) is 18.2 Å². The Balaban J connectivity index is 2.27. The number of nitrogens with zero attached hydrogens (tertiary/aromatic N) is 2. The fourth-order valence-corrected chi connectivity index (χ4v) is 2.93. The average molecular weight is 289 g/mol. The van der Waals surface area contributed by atoms with Crippen molar-refractivity contribution in [3.63, 3.8) is 0 Å². The van der Waals surface area contributed by atoms with Gasteiger partial charge < -0.3 is 15.4 Å². The van der Waals surface area contributed by atoms with Gasteiger partial charge in [-0.05, 0) is 51.8 Å². The molecule has 1 aromatic carbocycles. The monoisotopic (exact) mass is 289 g/mol. The van der Waals surface area contributed by atoms with Crippen LogP contribution in [0.15, 0.2) is 29.3 Å². The Morgan fingerprint density at radius 3 is 2.43 bits per heavy atom. The van der Waals surface area contributed by atoms with Gasteiger partial charge in [0.15, 0.2) is 5.96 Å². The summed E-state index contributed by atoms with van der Waals surface area (Å²) < 4.78 is 5.71. The molecule has 2 atom stereocenters. The summed E-state index contributed by atoms with van der Waals surface area (Å²) in [5, 5.41) is 0. The Bertz CT molecular complexity index is 509. The lowest BCUT2D eigenvalue weighted by Crippen LogP contribution is -2.51. The van der Waals surface area contributed by atoms with E-state index in [-0.39, 0.29) is 11.6 Å². The lowest BCUT2D eigenvalue weighted by Gasteiger charge is -2.40. The van der Waals surface area contributed by atoms with Crippen LogP contribution in [0.3, 0.4) is 0 Å². The van der Waals surface area contributed by atoms with Crippen molar-refractivity contribution in [3.8, 4) is 5.75 Å². The third-order valence-electron chi connectivity index (χ3n) is 4.21. The van der Waals surface area contributed by atoms with Crippen molar-refractivity contribution in [1.29, 1.82) is 0 Å². The van der Waals surface area contributed by atoms with Crippen LogP contribution in [0, 0.1) is 0 Å². The Hall–Kier alpha value is -1.71. The highest BCUT2D eigenvalue weighted by Crippen LogP contribution is 2.35. The highest BCUT2D eigenvalue weighted by molar-refractivity contribution is 5.81. The smallest absolute Gasteiger partial charge is 0.192 e. The Kier molecular flexibility index (Phi) is 4.45. The van der Waals surface area contributed by atoms with E-state index in [1.54, 1.807) is 0 Å². The van der Waals surface area contributed by atoms with Gasteiger partial charge in [0.1, 0.15) is 5.75 Å². The van der Waals surface area contributed by atoms with Crippen LogP contribution in [-0.4, -0.2) is 29.6 Å². The Morgan fingerprint density at radius 2 is 1.90 bits per heavy atom. The average Bonchev–Trinajstić information content (AvgIpc) is 2.75. The van der Waals surface area contributed by atoms with E-state index in [2.05, 4.69) is 42.8 Å². The van der Waals surface area contributed by atoms with Crippen LogP contribution in [-0.2, 0) is 5.54 Å². The van der Waals surface area contributed by atoms with Crippen LogP contribution in [0.25, 0.3) is 0 Å². The number of ether oxygens (including phenoxy) is 1. The first-order valence-corrected chi connectivity index (χ1v) is 7.75. The van der Waals surface area contributed by atoms with Crippen molar-refractivity contribution in [3.05, 3.63) is 29.8 Å². The van der Waals surface area contributed by atoms with E-state index in [9.17, 15) is 0 Å². The molecule has 1 aromatic rings. The minimum Gasteiger partial charge on any atom is -0.491 e. The molecule has 4 nitrogen and oxygen atoms in total. The van der Waals surface area contributed by atoms with E-state index in [4.69, 9.17) is 10.5 Å². The summed E-state index contributed by atoms with van der Waals surface area (Å²) in [5.41, 5.74) is 7.17. The fraction of sp³-hybridized carbons (Fsp3) is 0.588. The molecule has 116 valence electrons. The summed E-state index contributed by atoms with van der Waals surface area (Å²) in [6.07, 6.45) is 1.23. The number of hydrogen-bond donors (Lipinski definition) is 1. The van der Waals surface area contributed by atoms with Gasteiger partial charge in [-0.1, -0.05) is 19.1 Å². The number of hydrogen-bond acceptors (Lipinski definition) is 4. The third kappa shape index (κ3) is 2.99. The van der Waals surface area contributed by atoms with Gasteiger partial charge in [-0.3, -0.25) is 4.99 Å². The quantitative estimate of drug-likeness (QED) is 0.906. The summed E-state index contributed by atoms with van der Waals surface area (Å²) >= 11 is 0. The molecule has 0 radical (unpaired) electrons. The van der Waals surface area contributed by atoms with E-state index in [0.29, 0.717) is 18.5 Å². The Morgan fingerprint density at radius 1 is 1.29 bits per heavy atom. The molecular weight excluding hydrogens is 262 g/mol. The van der Waals surface area contributed by atoms with Crippen LogP contribution in [0.1, 0.15) is 46.6 Å². The molecule has 2 rings (SSSR count). The number of rotatable bonds is 5. The van der Waals surface area contributed by atoms with E-state index >= 15 is 0 Å². The van der Waals surface area contributed by atoms with Crippen molar-refractivity contribution in [1.82, 2.24) is 4.90 Å². The van der Waals surface area contributed by atoms with Gasteiger partial charge in [0, 0.05) is 6.04 Å².